The molecular weight excluding hydrogens is 373 g/mol. The highest BCUT2D eigenvalue weighted by molar-refractivity contribution is 7.91. The van der Waals surface area contributed by atoms with E-state index >= 15 is 0 Å². The number of nitrogens with one attached hydrogen (secondary N) is 2. The standard InChI is InChI=1S/C15H13F3N4O3S/c16-10-2-1-9(13(17)14(10)18)15(23)20-12-4-3-11(21-22-12)19-8-5-6-26(24,25)7-8/h1-4,8H,5-7H2,(H,19,21)(H,20,22,23). The van der Waals surface area contributed by atoms with E-state index in [2.05, 4.69) is 20.8 Å². The number of carbonyl (C=O) groups is 1. The highest BCUT2D eigenvalue weighted by Crippen LogP contribution is 2.18. The zero-order chi connectivity index (χ0) is 18.9. The van der Waals surface area contributed by atoms with E-state index in [1.165, 1.54) is 12.1 Å². The summed E-state index contributed by atoms with van der Waals surface area (Å²) in [4.78, 5) is 11.9. The lowest BCUT2D eigenvalue weighted by Gasteiger charge is -2.11. The molecule has 7 nitrogen and oxygen atoms in total. The van der Waals surface area contributed by atoms with Gasteiger partial charge in [0.2, 0.25) is 0 Å². The molecule has 1 amide bonds. The van der Waals surface area contributed by atoms with Crippen molar-refractivity contribution in [3.63, 3.8) is 0 Å². The van der Waals surface area contributed by atoms with Crippen LogP contribution in [0.1, 0.15) is 16.8 Å². The molecule has 1 atom stereocenters. The Morgan fingerprint density at radius 1 is 1.04 bits per heavy atom. The topological polar surface area (TPSA) is 101 Å². The highest BCUT2D eigenvalue weighted by Gasteiger charge is 2.28. The van der Waals surface area contributed by atoms with Crippen LogP contribution in [0.15, 0.2) is 24.3 Å². The maximum atomic E-state index is 13.6. The lowest BCUT2D eigenvalue weighted by molar-refractivity contribution is 0.102. The van der Waals surface area contributed by atoms with E-state index in [4.69, 9.17) is 0 Å². The van der Waals surface area contributed by atoms with Gasteiger partial charge in [-0.15, -0.1) is 10.2 Å². The predicted octanol–water partition coefficient (Wildman–Crippen LogP) is 1.75. The molecule has 2 heterocycles. The molecule has 26 heavy (non-hydrogen) atoms. The van der Waals surface area contributed by atoms with E-state index in [0.29, 0.717) is 18.3 Å². The smallest absolute Gasteiger partial charge is 0.259 e. The minimum Gasteiger partial charge on any atom is -0.365 e. The van der Waals surface area contributed by atoms with Crippen molar-refractivity contribution in [1.29, 1.82) is 0 Å². The first-order valence-electron chi connectivity index (χ1n) is 7.51. The number of nitrogens with zero attached hydrogens (tertiary/aromatic N) is 2. The Kier molecular flexibility index (Phi) is 4.81. The number of hydrogen-bond donors (Lipinski definition) is 2. The summed E-state index contributed by atoms with van der Waals surface area (Å²) in [6.07, 6.45) is 0.456. The zero-order valence-corrected chi connectivity index (χ0v) is 14.0. The molecule has 1 saturated heterocycles. The van der Waals surface area contributed by atoms with Crippen LogP contribution < -0.4 is 10.6 Å². The summed E-state index contributed by atoms with van der Waals surface area (Å²) in [7, 11) is -3.04. The Labute approximate surface area is 146 Å². The summed E-state index contributed by atoms with van der Waals surface area (Å²) in [5.41, 5.74) is -0.677. The molecular formula is C15H13F3N4O3S. The number of hydrogen-bond acceptors (Lipinski definition) is 6. The minimum absolute atomic E-state index is 0.00255. The first-order valence-corrected chi connectivity index (χ1v) is 9.33. The maximum absolute atomic E-state index is 13.6. The molecule has 1 aromatic carbocycles. The van der Waals surface area contributed by atoms with Gasteiger partial charge in [-0.1, -0.05) is 0 Å². The molecule has 0 saturated carbocycles. The van der Waals surface area contributed by atoms with Gasteiger partial charge in [0, 0.05) is 6.04 Å². The molecule has 2 aromatic rings. The average molecular weight is 386 g/mol. The fourth-order valence-corrected chi connectivity index (χ4v) is 4.15. The Balaban J connectivity index is 1.66. The fraction of sp³-hybridized carbons (Fsp3) is 0.267. The van der Waals surface area contributed by atoms with Gasteiger partial charge in [0.25, 0.3) is 5.91 Å². The molecule has 0 radical (unpaired) electrons. The van der Waals surface area contributed by atoms with Crippen LogP contribution in [0.5, 0.6) is 0 Å². The van der Waals surface area contributed by atoms with Crippen molar-refractivity contribution < 1.29 is 26.4 Å². The van der Waals surface area contributed by atoms with Gasteiger partial charge in [0.05, 0.1) is 17.1 Å². The lowest BCUT2D eigenvalue weighted by Crippen LogP contribution is -2.21. The molecule has 3 rings (SSSR count). The monoisotopic (exact) mass is 386 g/mol. The van der Waals surface area contributed by atoms with Gasteiger partial charge in [-0.2, -0.15) is 0 Å². The summed E-state index contributed by atoms with van der Waals surface area (Å²) in [5, 5.41) is 12.6. The molecule has 0 bridgehead atoms. The summed E-state index contributed by atoms with van der Waals surface area (Å²) < 4.78 is 62.5. The number of amides is 1. The van der Waals surface area contributed by atoms with Gasteiger partial charge < -0.3 is 10.6 Å². The molecule has 0 aliphatic carbocycles. The largest absolute Gasteiger partial charge is 0.365 e. The number of halogens is 3. The van der Waals surface area contributed by atoms with Crippen LogP contribution in [0.25, 0.3) is 0 Å². The second-order valence-corrected chi connectivity index (χ2v) is 7.95. The Morgan fingerprint density at radius 2 is 1.73 bits per heavy atom. The normalized spacial score (nSPS) is 18.5. The number of anilines is 2. The van der Waals surface area contributed by atoms with E-state index in [1.807, 2.05) is 0 Å². The van der Waals surface area contributed by atoms with E-state index in [0.717, 1.165) is 6.07 Å². The number of aromatic nitrogens is 2. The SMILES string of the molecule is O=C(Nc1ccc(NC2CCS(=O)(=O)C2)nn1)c1ccc(F)c(F)c1F. The Morgan fingerprint density at radius 3 is 2.35 bits per heavy atom. The molecule has 11 heteroatoms. The van der Waals surface area contributed by atoms with Crippen molar-refractivity contribution in [1.82, 2.24) is 10.2 Å². The van der Waals surface area contributed by atoms with Crippen LogP contribution in [0, 0.1) is 17.5 Å². The third kappa shape index (κ3) is 3.93. The summed E-state index contributed by atoms with van der Waals surface area (Å²) in [5.74, 6) is -5.38. The molecule has 1 aromatic heterocycles. The molecule has 1 aliphatic heterocycles. The van der Waals surface area contributed by atoms with E-state index in [1.54, 1.807) is 0 Å². The van der Waals surface area contributed by atoms with Crippen LogP contribution in [0.4, 0.5) is 24.8 Å². The quantitative estimate of drug-likeness (QED) is 0.777. The van der Waals surface area contributed by atoms with Crippen molar-refractivity contribution in [3.05, 3.63) is 47.3 Å². The maximum Gasteiger partial charge on any atom is 0.259 e. The van der Waals surface area contributed by atoms with Crippen molar-refractivity contribution in [3.8, 4) is 0 Å². The van der Waals surface area contributed by atoms with Crippen molar-refractivity contribution in [2.24, 2.45) is 0 Å². The Bertz CT molecular complexity index is 951. The van der Waals surface area contributed by atoms with Gasteiger partial charge >= 0.3 is 0 Å². The van der Waals surface area contributed by atoms with E-state index in [-0.39, 0.29) is 23.4 Å². The molecule has 2 N–H and O–H groups in total. The number of carbonyl (C=O) groups excluding carboxylic acids is 1. The van der Waals surface area contributed by atoms with Crippen LogP contribution in [0.2, 0.25) is 0 Å². The first-order chi connectivity index (χ1) is 12.2. The number of rotatable bonds is 4. The molecule has 0 spiro atoms. The minimum atomic E-state index is -3.04. The third-order valence-electron chi connectivity index (χ3n) is 3.77. The molecule has 138 valence electrons. The van der Waals surface area contributed by atoms with Gasteiger partial charge in [-0.3, -0.25) is 4.79 Å². The van der Waals surface area contributed by atoms with Gasteiger partial charge in [-0.25, -0.2) is 21.6 Å². The van der Waals surface area contributed by atoms with Gasteiger partial charge in [-0.05, 0) is 30.7 Å². The van der Waals surface area contributed by atoms with Crippen LogP contribution in [-0.4, -0.2) is 42.1 Å². The van der Waals surface area contributed by atoms with Crippen LogP contribution >= 0.6 is 0 Å². The van der Waals surface area contributed by atoms with Gasteiger partial charge in [0.15, 0.2) is 33.1 Å². The zero-order valence-electron chi connectivity index (χ0n) is 13.2. The highest BCUT2D eigenvalue weighted by atomic mass is 32.2. The van der Waals surface area contributed by atoms with Crippen molar-refractivity contribution in [2.75, 3.05) is 22.1 Å². The Hall–Kier alpha value is -2.69. The average Bonchev–Trinajstić information content (AvgIpc) is 2.93. The van der Waals surface area contributed by atoms with Crippen LogP contribution in [0.3, 0.4) is 0 Å². The first kappa shape index (κ1) is 18.1. The van der Waals surface area contributed by atoms with Gasteiger partial charge in [0.1, 0.15) is 5.82 Å². The van der Waals surface area contributed by atoms with E-state index < -0.39 is 38.8 Å². The summed E-state index contributed by atoms with van der Waals surface area (Å²) >= 11 is 0. The summed E-state index contributed by atoms with van der Waals surface area (Å²) in [6, 6.07) is 3.99. The molecule has 1 fully saturated rings. The van der Waals surface area contributed by atoms with Crippen LogP contribution in [-0.2, 0) is 9.84 Å². The van der Waals surface area contributed by atoms with E-state index in [9.17, 15) is 26.4 Å². The lowest BCUT2D eigenvalue weighted by atomic mass is 10.2. The number of sulfone groups is 1. The van der Waals surface area contributed by atoms with Crippen molar-refractivity contribution >= 4 is 27.4 Å². The second kappa shape index (κ2) is 6.90. The van der Waals surface area contributed by atoms with Crippen molar-refractivity contribution in [2.45, 2.75) is 12.5 Å². The molecule has 1 aliphatic rings. The second-order valence-electron chi connectivity index (χ2n) is 5.73. The molecule has 1 unspecified atom stereocenters. The third-order valence-corrected chi connectivity index (χ3v) is 5.54. The summed E-state index contributed by atoms with van der Waals surface area (Å²) in [6.45, 7) is 0. The fourth-order valence-electron chi connectivity index (χ4n) is 2.48. The number of benzene rings is 1. The predicted molar refractivity (Wildman–Crippen MR) is 87.0 cm³/mol.